The summed E-state index contributed by atoms with van der Waals surface area (Å²) in [6, 6.07) is 5.62. The van der Waals surface area contributed by atoms with E-state index in [4.69, 9.17) is 9.26 Å². The molecule has 4 nitrogen and oxygen atoms in total. The van der Waals surface area contributed by atoms with Crippen molar-refractivity contribution in [2.75, 3.05) is 6.61 Å². The molecule has 2 heterocycles. The van der Waals surface area contributed by atoms with Gasteiger partial charge in [-0.3, -0.25) is 0 Å². The second-order valence-corrected chi connectivity index (χ2v) is 3.11. The molecule has 0 aliphatic heterocycles. The monoisotopic (exact) mass is 204 g/mol. The van der Waals surface area contributed by atoms with Gasteiger partial charge in [-0.05, 0) is 26.0 Å². The van der Waals surface area contributed by atoms with Crippen LogP contribution < -0.4 is 4.74 Å². The van der Waals surface area contributed by atoms with Gasteiger partial charge in [0.15, 0.2) is 0 Å². The van der Waals surface area contributed by atoms with Gasteiger partial charge in [-0.1, -0.05) is 5.16 Å². The van der Waals surface area contributed by atoms with E-state index in [1.165, 1.54) is 0 Å². The van der Waals surface area contributed by atoms with E-state index in [1.54, 1.807) is 6.20 Å². The fourth-order valence-electron chi connectivity index (χ4n) is 1.33. The SMILES string of the molecule is CCOc1ncccc1-c1cc(C)on1. The molecule has 0 unspecified atom stereocenters. The van der Waals surface area contributed by atoms with Crippen molar-refractivity contribution >= 4 is 0 Å². The number of aryl methyl sites for hydroxylation is 1. The van der Waals surface area contributed by atoms with Crippen molar-refractivity contribution < 1.29 is 9.26 Å². The van der Waals surface area contributed by atoms with Crippen LogP contribution in [-0.2, 0) is 0 Å². The molecule has 0 radical (unpaired) electrons. The Morgan fingerprint density at radius 2 is 2.33 bits per heavy atom. The van der Waals surface area contributed by atoms with Crippen molar-refractivity contribution in [3.8, 4) is 17.1 Å². The predicted octanol–water partition coefficient (Wildman–Crippen LogP) is 2.44. The molecule has 2 aromatic heterocycles. The van der Waals surface area contributed by atoms with E-state index in [2.05, 4.69) is 10.1 Å². The molecule has 0 bridgehead atoms. The number of aromatic nitrogens is 2. The highest BCUT2D eigenvalue weighted by Crippen LogP contribution is 2.26. The van der Waals surface area contributed by atoms with E-state index in [0.717, 1.165) is 17.0 Å². The van der Waals surface area contributed by atoms with Crippen LogP contribution in [0.15, 0.2) is 28.9 Å². The Hall–Kier alpha value is -1.84. The van der Waals surface area contributed by atoms with Crippen LogP contribution in [0.1, 0.15) is 12.7 Å². The Balaban J connectivity index is 2.42. The summed E-state index contributed by atoms with van der Waals surface area (Å²) in [6.45, 7) is 4.36. The molecule has 0 fully saturated rings. The van der Waals surface area contributed by atoms with E-state index in [9.17, 15) is 0 Å². The largest absolute Gasteiger partial charge is 0.477 e. The molecule has 0 aromatic carbocycles. The van der Waals surface area contributed by atoms with Crippen molar-refractivity contribution in [3.05, 3.63) is 30.2 Å². The van der Waals surface area contributed by atoms with Crippen LogP contribution >= 0.6 is 0 Å². The van der Waals surface area contributed by atoms with Gasteiger partial charge >= 0.3 is 0 Å². The van der Waals surface area contributed by atoms with Crippen molar-refractivity contribution in [3.63, 3.8) is 0 Å². The van der Waals surface area contributed by atoms with Gasteiger partial charge in [0.05, 0.1) is 12.2 Å². The van der Waals surface area contributed by atoms with Gasteiger partial charge in [0.2, 0.25) is 5.88 Å². The normalized spacial score (nSPS) is 10.3. The molecular weight excluding hydrogens is 192 g/mol. The highest BCUT2D eigenvalue weighted by atomic mass is 16.5. The molecule has 0 amide bonds. The highest BCUT2D eigenvalue weighted by Gasteiger charge is 2.10. The summed E-state index contributed by atoms with van der Waals surface area (Å²) in [5.74, 6) is 1.37. The number of ether oxygens (including phenoxy) is 1. The lowest BCUT2D eigenvalue weighted by Gasteiger charge is -2.05. The fourth-order valence-corrected chi connectivity index (χ4v) is 1.33. The first kappa shape index (κ1) is 9.71. The topological polar surface area (TPSA) is 48.2 Å². The lowest BCUT2D eigenvalue weighted by atomic mass is 10.2. The van der Waals surface area contributed by atoms with Gasteiger partial charge in [-0.25, -0.2) is 4.98 Å². The Kier molecular flexibility index (Phi) is 2.67. The molecule has 4 heteroatoms. The maximum atomic E-state index is 5.41. The van der Waals surface area contributed by atoms with Crippen LogP contribution in [-0.4, -0.2) is 16.7 Å². The molecule has 0 aliphatic carbocycles. The Morgan fingerprint density at radius 3 is 3.00 bits per heavy atom. The second kappa shape index (κ2) is 4.13. The van der Waals surface area contributed by atoms with Crippen molar-refractivity contribution in [2.45, 2.75) is 13.8 Å². The predicted molar refractivity (Wildman–Crippen MR) is 55.6 cm³/mol. The number of hydrogen-bond donors (Lipinski definition) is 0. The molecule has 2 aromatic rings. The number of nitrogens with zero attached hydrogens (tertiary/aromatic N) is 2. The molecule has 15 heavy (non-hydrogen) atoms. The number of pyridine rings is 1. The molecule has 0 atom stereocenters. The van der Waals surface area contributed by atoms with Gasteiger partial charge < -0.3 is 9.26 Å². The Bertz CT molecular complexity index is 451. The maximum absolute atomic E-state index is 5.41. The van der Waals surface area contributed by atoms with Crippen LogP contribution in [0.2, 0.25) is 0 Å². The van der Waals surface area contributed by atoms with Gasteiger partial charge in [0, 0.05) is 12.3 Å². The van der Waals surface area contributed by atoms with Crippen molar-refractivity contribution in [1.29, 1.82) is 0 Å². The first-order valence-corrected chi connectivity index (χ1v) is 4.82. The minimum Gasteiger partial charge on any atom is -0.477 e. The average Bonchev–Trinajstić information content (AvgIpc) is 2.66. The van der Waals surface area contributed by atoms with Crippen LogP contribution in [0.25, 0.3) is 11.3 Å². The molecule has 0 N–H and O–H groups in total. The minimum absolute atomic E-state index is 0.584. The Labute approximate surface area is 87.9 Å². The average molecular weight is 204 g/mol. The molecular formula is C11H12N2O2. The first-order valence-electron chi connectivity index (χ1n) is 4.82. The van der Waals surface area contributed by atoms with E-state index in [1.807, 2.05) is 32.0 Å². The van der Waals surface area contributed by atoms with Crippen molar-refractivity contribution in [1.82, 2.24) is 10.1 Å². The smallest absolute Gasteiger partial charge is 0.223 e. The molecule has 0 saturated carbocycles. The van der Waals surface area contributed by atoms with E-state index >= 15 is 0 Å². The third-order valence-electron chi connectivity index (χ3n) is 1.96. The van der Waals surface area contributed by atoms with E-state index < -0.39 is 0 Å². The molecule has 0 saturated heterocycles. The fraction of sp³-hybridized carbons (Fsp3) is 0.273. The molecule has 0 spiro atoms. The maximum Gasteiger partial charge on any atom is 0.223 e. The summed E-state index contributed by atoms with van der Waals surface area (Å²) in [5, 5.41) is 3.93. The van der Waals surface area contributed by atoms with Gasteiger partial charge in [-0.2, -0.15) is 0 Å². The highest BCUT2D eigenvalue weighted by molar-refractivity contribution is 5.64. The van der Waals surface area contributed by atoms with Gasteiger partial charge in [0.1, 0.15) is 11.5 Å². The molecule has 0 aliphatic rings. The summed E-state index contributed by atoms with van der Waals surface area (Å²) in [4.78, 5) is 4.15. The zero-order valence-electron chi connectivity index (χ0n) is 8.73. The van der Waals surface area contributed by atoms with Crippen LogP contribution in [0, 0.1) is 6.92 Å². The number of hydrogen-bond acceptors (Lipinski definition) is 4. The minimum atomic E-state index is 0.584. The van der Waals surface area contributed by atoms with E-state index in [0.29, 0.717) is 12.5 Å². The van der Waals surface area contributed by atoms with Gasteiger partial charge in [-0.15, -0.1) is 0 Å². The number of rotatable bonds is 3. The van der Waals surface area contributed by atoms with Crippen LogP contribution in [0.5, 0.6) is 5.88 Å². The van der Waals surface area contributed by atoms with Crippen molar-refractivity contribution in [2.24, 2.45) is 0 Å². The first-order chi connectivity index (χ1) is 7.31. The lowest BCUT2D eigenvalue weighted by molar-refractivity contribution is 0.328. The van der Waals surface area contributed by atoms with Gasteiger partial charge in [0.25, 0.3) is 0 Å². The quantitative estimate of drug-likeness (QED) is 0.770. The Morgan fingerprint density at radius 1 is 1.47 bits per heavy atom. The third-order valence-corrected chi connectivity index (χ3v) is 1.96. The van der Waals surface area contributed by atoms with Crippen LogP contribution in [0.3, 0.4) is 0 Å². The summed E-state index contributed by atoms with van der Waals surface area (Å²) in [7, 11) is 0. The summed E-state index contributed by atoms with van der Waals surface area (Å²) >= 11 is 0. The summed E-state index contributed by atoms with van der Waals surface area (Å²) < 4.78 is 10.4. The summed E-state index contributed by atoms with van der Waals surface area (Å²) in [5.41, 5.74) is 1.61. The van der Waals surface area contributed by atoms with E-state index in [-0.39, 0.29) is 0 Å². The standard InChI is InChI=1S/C11H12N2O2/c1-3-14-11-9(5-4-6-12-11)10-7-8(2)15-13-10/h4-7H,3H2,1-2H3. The summed E-state index contributed by atoms with van der Waals surface area (Å²) in [6.07, 6.45) is 1.70. The van der Waals surface area contributed by atoms with Crippen LogP contribution in [0.4, 0.5) is 0 Å². The molecule has 78 valence electrons. The molecule has 2 rings (SSSR count). The lowest BCUT2D eigenvalue weighted by Crippen LogP contribution is -1.96. The zero-order valence-corrected chi connectivity index (χ0v) is 8.73. The zero-order chi connectivity index (χ0) is 10.7. The third kappa shape index (κ3) is 1.98. The second-order valence-electron chi connectivity index (χ2n) is 3.11.